The minimum absolute atomic E-state index is 0.0552. The van der Waals surface area contributed by atoms with E-state index in [9.17, 15) is 39.0 Å². The van der Waals surface area contributed by atoms with Crippen LogP contribution in [0, 0.1) is 5.41 Å². The molecule has 0 bridgehead atoms. The summed E-state index contributed by atoms with van der Waals surface area (Å²) in [5, 5.41) is 34.4. The molecular weight excluding hydrogens is 568 g/mol. The number of carboxylic acid groups (broad SMARTS) is 3. The first-order chi connectivity index (χ1) is 19.9. The number of carbonyl (C=O) groups excluding carboxylic acids is 3. The van der Waals surface area contributed by atoms with Gasteiger partial charge >= 0.3 is 29.9 Å². The van der Waals surface area contributed by atoms with Gasteiger partial charge in [-0.05, 0) is 39.5 Å². The highest BCUT2D eigenvalue weighted by molar-refractivity contribution is 5.84. The fourth-order valence-corrected chi connectivity index (χ4v) is 5.17. The smallest absolute Gasteiger partial charge is 0.346 e. The van der Waals surface area contributed by atoms with Crippen molar-refractivity contribution >= 4 is 35.8 Å². The zero-order valence-corrected chi connectivity index (χ0v) is 25.2. The third-order valence-electron chi connectivity index (χ3n) is 7.24. The highest BCUT2D eigenvalue weighted by Gasteiger charge is 2.42. The number of aliphatic carboxylic acids is 3. The molecule has 1 aliphatic heterocycles. The number of carboxylic acids is 3. The maximum atomic E-state index is 13.2. The lowest BCUT2D eigenvalue weighted by molar-refractivity contribution is -0.694. The predicted molar refractivity (Wildman–Crippen MR) is 148 cm³/mol. The van der Waals surface area contributed by atoms with Crippen LogP contribution in [0.4, 0.5) is 4.79 Å². The molecule has 0 fully saturated rings. The Balaban J connectivity index is 1.98. The second-order valence-electron chi connectivity index (χ2n) is 11.8. The molecule has 0 saturated heterocycles. The molecule has 3 amide bonds. The van der Waals surface area contributed by atoms with E-state index in [-0.39, 0.29) is 38.5 Å². The van der Waals surface area contributed by atoms with Crippen LogP contribution in [0.25, 0.3) is 0 Å². The van der Waals surface area contributed by atoms with Crippen molar-refractivity contribution < 1.29 is 53.4 Å². The molecule has 2 atom stereocenters. The van der Waals surface area contributed by atoms with E-state index < -0.39 is 59.7 Å². The van der Waals surface area contributed by atoms with Crippen LogP contribution in [0.1, 0.15) is 72.4 Å². The van der Waals surface area contributed by atoms with Gasteiger partial charge in [-0.25, -0.2) is 19.0 Å². The lowest BCUT2D eigenvalue weighted by atomic mass is 9.78. The van der Waals surface area contributed by atoms with Gasteiger partial charge in [0, 0.05) is 24.4 Å². The van der Waals surface area contributed by atoms with Crippen molar-refractivity contribution in [2.75, 3.05) is 19.6 Å². The van der Waals surface area contributed by atoms with Crippen LogP contribution in [-0.2, 0) is 41.8 Å². The molecule has 43 heavy (non-hydrogen) atoms. The number of unbranched alkanes of at least 4 members (excludes halogenated alkanes) is 1. The van der Waals surface area contributed by atoms with Gasteiger partial charge in [-0.15, -0.1) is 0 Å². The SMILES string of the molecule is CC1OC(=O)CN(C(C)(C)CC(C)(C)C(=O)NCCCCC(NC(=O)NCC(=O)O)C(=O)O)Cc2n1cc[n+]2CC(=O)O. The minimum atomic E-state index is -1.26. The lowest BCUT2D eigenvalue weighted by Crippen LogP contribution is -2.54. The Morgan fingerprint density at radius 3 is 2.33 bits per heavy atom. The number of cyclic esters (lactones) is 1. The maximum Gasteiger partial charge on any atom is 0.346 e. The van der Waals surface area contributed by atoms with Gasteiger partial charge in [0.2, 0.25) is 12.1 Å². The number of rotatable bonds is 15. The van der Waals surface area contributed by atoms with E-state index in [2.05, 4.69) is 10.6 Å². The summed E-state index contributed by atoms with van der Waals surface area (Å²) < 4.78 is 8.85. The molecule has 16 nitrogen and oxygen atoms in total. The molecule has 6 N–H and O–H groups in total. The summed E-state index contributed by atoms with van der Waals surface area (Å²) in [6, 6.07) is -2.12. The van der Waals surface area contributed by atoms with E-state index in [1.165, 1.54) is 0 Å². The van der Waals surface area contributed by atoms with Gasteiger partial charge in [0.25, 0.3) is 5.82 Å². The molecule has 0 radical (unpaired) electrons. The standard InChI is InChI=1S/C27H42N6O10/c1-17-33-11-10-31(14-21(36)37)19(33)13-32(15-22(38)43-17)27(4,5)16-26(2,3)24(41)28-9-7-6-8-18(23(39)40)30-25(42)29-12-20(34)35/h10-11,17-18H,6-9,12-16H2,1-5H3,(H5-,28,29,30,34,35,36,37,39,40,41,42)/p+1. The van der Waals surface area contributed by atoms with Crippen molar-refractivity contribution in [3.63, 3.8) is 0 Å². The van der Waals surface area contributed by atoms with Crippen LogP contribution >= 0.6 is 0 Å². The van der Waals surface area contributed by atoms with Gasteiger partial charge < -0.3 is 36.0 Å². The van der Waals surface area contributed by atoms with Crippen LogP contribution in [-0.4, -0.2) is 91.8 Å². The molecule has 2 rings (SSSR count). The average molecular weight is 612 g/mol. The Morgan fingerprint density at radius 2 is 1.72 bits per heavy atom. The third-order valence-corrected chi connectivity index (χ3v) is 7.24. The van der Waals surface area contributed by atoms with E-state index in [1.807, 2.05) is 24.1 Å². The number of hydrogen-bond acceptors (Lipinski definition) is 8. The molecule has 2 unspecified atom stereocenters. The molecule has 0 aliphatic carbocycles. The number of nitrogens with zero attached hydrogens (tertiary/aromatic N) is 3. The van der Waals surface area contributed by atoms with E-state index in [4.69, 9.17) is 9.84 Å². The maximum absolute atomic E-state index is 13.2. The predicted octanol–water partition coefficient (Wildman–Crippen LogP) is 0.0559. The minimum Gasteiger partial charge on any atom is -0.480 e. The number of hydrogen-bond donors (Lipinski definition) is 6. The molecule has 0 aromatic carbocycles. The number of fused-ring (bicyclic) bond motifs is 1. The summed E-state index contributed by atoms with van der Waals surface area (Å²) >= 11 is 0. The average Bonchev–Trinajstić information content (AvgIpc) is 3.25. The number of imidazole rings is 1. The second-order valence-corrected chi connectivity index (χ2v) is 11.8. The van der Waals surface area contributed by atoms with Gasteiger partial charge in [-0.2, -0.15) is 4.57 Å². The van der Waals surface area contributed by atoms with Gasteiger partial charge in [-0.3, -0.25) is 19.3 Å². The summed E-state index contributed by atoms with van der Waals surface area (Å²) in [7, 11) is 0. The highest BCUT2D eigenvalue weighted by Crippen LogP contribution is 2.34. The van der Waals surface area contributed by atoms with Crippen LogP contribution < -0.4 is 20.5 Å². The third kappa shape index (κ3) is 10.5. The fraction of sp³-hybridized carbons (Fsp3) is 0.667. The number of nitrogens with one attached hydrogen (secondary N) is 3. The fourth-order valence-electron chi connectivity index (χ4n) is 5.17. The topological polar surface area (TPSA) is 220 Å². The number of ether oxygens (including phenoxy) is 1. The molecule has 1 aliphatic rings. The molecule has 0 saturated carbocycles. The second kappa shape index (κ2) is 14.8. The van der Waals surface area contributed by atoms with Crippen LogP contribution in [0.2, 0.25) is 0 Å². The molecule has 16 heteroatoms. The quantitative estimate of drug-likeness (QED) is 0.0884. The van der Waals surface area contributed by atoms with Gasteiger partial charge in [0.1, 0.15) is 31.5 Å². The number of amides is 3. The lowest BCUT2D eigenvalue weighted by Gasteiger charge is -2.42. The summed E-state index contributed by atoms with van der Waals surface area (Å²) in [6.07, 6.45) is 3.91. The summed E-state index contributed by atoms with van der Waals surface area (Å²) in [4.78, 5) is 72.8. The van der Waals surface area contributed by atoms with E-state index in [0.717, 1.165) is 0 Å². The Morgan fingerprint density at radius 1 is 1.05 bits per heavy atom. The van der Waals surface area contributed by atoms with Crippen LogP contribution in [0.15, 0.2) is 12.4 Å². The Kier molecular flexibility index (Phi) is 12.0. The first-order valence-electron chi connectivity index (χ1n) is 14.0. The number of urea groups is 1. The monoisotopic (exact) mass is 611 g/mol. The van der Waals surface area contributed by atoms with Gasteiger partial charge in [-0.1, -0.05) is 13.8 Å². The molecule has 0 spiro atoms. The Hall–Kier alpha value is -4.21. The Bertz CT molecular complexity index is 1210. The first kappa shape index (κ1) is 35.0. The van der Waals surface area contributed by atoms with E-state index >= 15 is 0 Å². The highest BCUT2D eigenvalue weighted by atomic mass is 16.6. The van der Waals surface area contributed by atoms with Crippen molar-refractivity contribution in [3.8, 4) is 0 Å². The molecular formula is C27H43N6O10+. The zero-order chi connectivity index (χ0) is 32.5. The molecule has 240 valence electrons. The van der Waals surface area contributed by atoms with Crippen molar-refractivity contribution in [1.29, 1.82) is 0 Å². The first-order valence-corrected chi connectivity index (χ1v) is 14.0. The molecule has 2 heterocycles. The number of carbonyl (C=O) groups is 6. The van der Waals surface area contributed by atoms with Crippen molar-refractivity contribution in [2.45, 2.75) is 91.2 Å². The van der Waals surface area contributed by atoms with Crippen molar-refractivity contribution in [3.05, 3.63) is 18.2 Å². The largest absolute Gasteiger partial charge is 0.480 e. The summed E-state index contributed by atoms with van der Waals surface area (Å²) in [5.74, 6) is -3.57. The van der Waals surface area contributed by atoms with E-state index in [0.29, 0.717) is 25.1 Å². The van der Waals surface area contributed by atoms with Crippen LogP contribution in [0.5, 0.6) is 0 Å². The molecule has 1 aromatic rings. The summed E-state index contributed by atoms with van der Waals surface area (Å²) in [5.41, 5.74) is -1.58. The van der Waals surface area contributed by atoms with Crippen LogP contribution in [0.3, 0.4) is 0 Å². The zero-order valence-electron chi connectivity index (χ0n) is 25.2. The van der Waals surface area contributed by atoms with Gasteiger partial charge in [0.15, 0.2) is 6.54 Å². The molecule has 1 aromatic heterocycles. The number of esters is 1. The van der Waals surface area contributed by atoms with E-state index in [1.54, 1.807) is 42.3 Å². The van der Waals surface area contributed by atoms with Crippen molar-refractivity contribution in [2.24, 2.45) is 5.41 Å². The normalized spacial score (nSPS) is 16.6. The van der Waals surface area contributed by atoms with Gasteiger partial charge in [0.05, 0.1) is 6.54 Å². The summed E-state index contributed by atoms with van der Waals surface area (Å²) in [6.45, 7) is 8.63. The Labute approximate surface area is 249 Å². The number of aromatic nitrogens is 2. The van der Waals surface area contributed by atoms with Crippen molar-refractivity contribution in [1.82, 2.24) is 25.4 Å².